The second-order valence-corrected chi connectivity index (χ2v) is 9.48. The first-order valence-corrected chi connectivity index (χ1v) is 11.5. The molecule has 2 heterocycles. The fourth-order valence-corrected chi connectivity index (χ4v) is 3.22. The van der Waals surface area contributed by atoms with Crippen LogP contribution in [0.4, 0.5) is 38.3 Å². The molecule has 0 aliphatic carbocycles. The highest BCUT2D eigenvalue weighted by Gasteiger charge is 2.39. The number of alkyl halides is 3. The number of hydrogen-bond donors (Lipinski definition) is 3. The van der Waals surface area contributed by atoms with Crippen LogP contribution in [-0.2, 0) is 4.74 Å². The standard InChI is InChI=1S/C23H22ClF5N6O4/c1-9-16(17(24)35-34-9)32-20(36)12-6-13(25)11(7-15(12)38-10(2)23(27,28)29)14-8-30-18(26)19(31-14)33-21(37)39-22(3,4)5/h6-8,10H,1-5H3,(H,32,36)(H,34,35)(H,31,33,37)/t10-/m0/s1. The highest BCUT2D eigenvalue weighted by molar-refractivity contribution is 6.33. The highest BCUT2D eigenvalue weighted by Crippen LogP contribution is 2.34. The number of aromatic amines is 1. The van der Waals surface area contributed by atoms with Crippen LogP contribution in [0.25, 0.3) is 11.3 Å². The molecule has 1 aromatic carbocycles. The predicted octanol–water partition coefficient (Wildman–Crippen LogP) is 6.04. The molecule has 0 bridgehead atoms. The van der Waals surface area contributed by atoms with Gasteiger partial charge in [0.1, 0.15) is 22.9 Å². The second kappa shape index (κ2) is 11.0. The molecule has 3 aromatic rings. The van der Waals surface area contributed by atoms with E-state index in [2.05, 4.69) is 25.5 Å². The number of aryl methyl sites for hydroxylation is 1. The van der Waals surface area contributed by atoms with Crippen molar-refractivity contribution in [2.45, 2.75) is 52.5 Å². The number of ether oxygens (including phenoxy) is 2. The number of nitrogens with one attached hydrogen (secondary N) is 3. The Kier molecular flexibility index (Phi) is 8.33. The maximum absolute atomic E-state index is 15.2. The summed E-state index contributed by atoms with van der Waals surface area (Å²) in [5.41, 5.74) is -2.12. The SMILES string of the molecule is Cc1[nH]nc(Cl)c1NC(=O)c1cc(F)c(-c2cnc(F)c(NC(=O)OC(C)(C)C)n2)cc1O[C@@H](C)C(F)(F)F. The molecule has 2 amide bonds. The Morgan fingerprint density at radius 3 is 2.36 bits per heavy atom. The number of rotatable bonds is 6. The van der Waals surface area contributed by atoms with Crippen LogP contribution in [0.5, 0.6) is 5.75 Å². The van der Waals surface area contributed by atoms with Gasteiger partial charge in [-0.1, -0.05) is 11.6 Å². The zero-order valence-corrected chi connectivity index (χ0v) is 21.8. The van der Waals surface area contributed by atoms with Gasteiger partial charge in [-0.3, -0.25) is 15.2 Å². The van der Waals surface area contributed by atoms with Crippen molar-refractivity contribution in [1.29, 1.82) is 0 Å². The Labute approximate surface area is 223 Å². The van der Waals surface area contributed by atoms with E-state index in [1.165, 1.54) is 6.92 Å². The number of carbonyl (C=O) groups is 2. The van der Waals surface area contributed by atoms with E-state index in [1.54, 1.807) is 20.8 Å². The summed E-state index contributed by atoms with van der Waals surface area (Å²) in [5.74, 6) is -4.87. The van der Waals surface area contributed by atoms with Crippen molar-refractivity contribution in [1.82, 2.24) is 20.2 Å². The van der Waals surface area contributed by atoms with Gasteiger partial charge < -0.3 is 14.8 Å². The minimum absolute atomic E-state index is 0.0169. The molecule has 39 heavy (non-hydrogen) atoms. The Bertz CT molecular complexity index is 1390. The Morgan fingerprint density at radius 1 is 1.13 bits per heavy atom. The molecule has 0 saturated carbocycles. The second-order valence-electron chi connectivity index (χ2n) is 9.12. The van der Waals surface area contributed by atoms with Gasteiger partial charge in [0, 0.05) is 5.56 Å². The first kappa shape index (κ1) is 29.5. The molecule has 0 fully saturated rings. The first-order chi connectivity index (χ1) is 18.0. The number of halogens is 6. The molecule has 0 radical (unpaired) electrons. The zero-order valence-electron chi connectivity index (χ0n) is 21.1. The summed E-state index contributed by atoms with van der Waals surface area (Å²) in [6, 6.07) is 1.38. The van der Waals surface area contributed by atoms with Crippen LogP contribution < -0.4 is 15.4 Å². The van der Waals surface area contributed by atoms with E-state index in [4.69, 9.17) is 21.1 Å². The molecule has 0 aliphatic heterocycles. The van der Waals surface area contributed by atoms with Crippen LogP contribution in [-0.4, -0.2) is 50.0 Å². The largest absolute Gasteiger partial charge is 0.480 e. The van der Waals surface area contributed by atoms with E-state index in [-0.39, 0.29) is 10.8 Å². The number of hydrogen-bond acceptors (Lipinski definition) is 7. The Balaban J connectivity index is 2.06. The molecule has 0 spiro atoms. The van der Waals surface area contributed by atoms with Gasteiger partial charge in [0.15, 0.2) is 17.1 Å². The molecule has 0 unspecified atom stereocenters. The van der Waals surface area contributed by atoms with Gasteiger partial charge in [0.2, 0.25) is 0 Å². The van der Waals surface area contributed by atoms with Gasteiger partial charge in [-0.15, -0.1) is 0 Å². The van der Waals surface area contributed by atoms with Crippen molar-refractivity contribution in [3.05, 3.63) is 46.5 Å². The number of H-pyrrole nitrogens is 1. The number of carbonyl (C=O) groups excluding carboxylic acids is 2. The number of anilines is 2. The van der Waals surface area contributed by atoms with Crippen molar-refractivity contribution in [2.75, 3.05) is 10.6 Å². The fourth-order valence-electron chi connectivity index (χ4n) is 2.99. The topological polar surface area (TPSA) is 131 Å². The maximum atomic E-state index is 15.2. The summed E-state index contributed by atoms with van der Waals surface area (Å²) < 4.78 is 79.3. The number of benzene rings is 1. The van der Waals surface area contributed by atoms with E-state index in [1.807, 2.05) is 5.32 Å². The zero-order chi connectivity index (χ0) is 29.3. The minimum atomic E-state index is -4.84. The molecule has 16 heteroatoms. The van der Waals surface area contributed by atoms with Crippen molar-refractivity contribution in [2.24, 2.45) is 0 Å². The lowest BCUT2D eigenvalue weighted by Crippen LogP contribution is -2.32. The number of aromatic nitrogens is 4. The monoisotopic (exact) mass is 576 g/mol. The van der Waals surface area contributed by atoms with E-state index >= 15 is 4.39 Å². The summed E-state index contributed by atoms with van der Waals surface area (Å²) in [6.45, 7) is 6.87. The predicted molar refractivity (Wildman–Crippen MR) is 130 cm³/mol. The molecule has 3 N–H and O–H groups in total. The lowest BCUT2D eigenvalue weighted by atomic mass is 10.1. The third-order valence-corrected chi connectivity index (χ3v) is 5.12. The molecule has 0 aliphatic rings. The summed E-state index contributed by atoms with van der Waals surface area (Å²) in [4.78, 5) is 32.2. The van der Waals surface area contributed by atoms with E-state index in [9.17, 15) is 27.2 Å². The van der Waals surface area contributed by atoms with Crippen LogP contribution in [0.1, 0.15) is 43.7 Å². The molecule has 3 rings (SSSR count). The van der Waals surface area contributed by atoms with E-state index in [0.717, 1.165) is 12.3 Å². The van der Waals surface area contributed by atoms with Gasteiger partial charge in [0.25, 0.3) is 11.9 Å². The highest BCUT2D eigenvalue weighted by atomic mass is 35.5. The summed E-state index contributed by atoms with van der Waals surface area (Å²) >= 11 is 5.90. The molecule has 1 atom stereocenters. The number of nitrogens with zero attached hydrogens (tertiary/aromatic N) is 3. The van der Waals surface area contributed by atoms with Crippen LogP contribution >= 0.6 is 11.6 Å². The van der Waals surface area contributed by atoms with E-state index < -0.39 is 70.0 Å². The third-order valence-electron chi connectivity index (χ3n) is 4.84. The molecular weight excluding hydrogens is 555 g/mol. The first-order valence-electron chi connectivity index (χ1n) is 11.1. The third kappa shape index (κ3) is 7.31. The van der Waals surface area contributed by atoms with Gasteiger partial charge >= 0.3 is 12.3 Å². The number of amides is 2. The Hall–Kier alpha value is -4.01. The van der Waals surface area contributed by atoms with Crippen molar-refractivity contribution >= 4 is 35.1 Å². The van der Waals surface area contributed by atoms with Crippen LogP contribution in [0, 0.1) is 18.7 Å². The van der Waals surface area contributed by atoms with Crippen molar-refractivity contribution in [3.63, 3.8) is 0 Å². The van der Waals surface area contributed by atoms with Crippen molar-refractivity contribution in [3.8, 4) is 17.0 Å². The fraction of sp³-hybridized carbons (Fsp3) is 0.348. The summed E-state index contributed by atoms with van der Waals surface area (Å²) in [5, 5.41) is 10.4. The average molecular weight is 577 g/mol. The maximum Gasteiger partial charge on any atom is 0.425 e. The molecule has 210 valence electrons. The molecular formula is C23H22ClF5N6O4. The minimum Gasteiger partial charge on any atom is -0.480 e. The lowest BCUT2D eigenvalue weighted by Gasteiger charge is -2.21. The quantitative estimate of drug-likeness (QED) is 0.305. The van der Waals surface area contributed by atoms with Gasteiger partial charge in [-0.25, -0.2) is 19.2 Å². The van der Waals surface area contributed by atoms with Gasteiger partial charge in [0.05, 0.1) is 23.1 Å². The van der Waals surface area contributed by atoms with Gasteiger partial charge in [-0.2, -0.15) is 22.7 Å². The Morgan fingerprint density at radius 2 is 1.79 bits per heavy atom. The molecule has 0 saturated heterocycles. The summed E-state index contributed by atoms with van der Waals surface area (Å²) in [6.07, 6.45) is -7.56. The van der Waals surface area contributed by atoms with Crippen LogP contribution in [0.15, 0.2) is 18.3 Å². The normalized spacial score (nSPS) is 12.6. The average Bonchev–Trinajstić information content (AvgIpc) is 3.11. The lowest BCUT2D eigenvalue weighted by molar-refractivity contribution is -0.189. The van der Waals surface area contributed by atoms with E-state index in [0.29, 0.717) is 18.7 Å². The summed E-state index contributed by atoms with van der Waals surface area (Å²) in [7, 11) is 0. The van der Waals surface area contributed by atoms with Crippen molar-refractivity contribution < 1.29 is 41.0 Å². The molecule has 10 nitrogen and oxygen atoms in total. The molecule has 2 aromatic heterocycles. The smallest absolute Gasteiger partial charge is 0.425 e. The van der Waals surface area contributed by atoms with Gasteiger partial charge in [-0.05, 0) is 46.8 Å². The van der Waals surface area contributed by atoms with Crippen LogP contribution in [0.2, 0.25) is 5.15 Å². The van der Waals surface area contributed by atoms with Crippen LogP contribution in [0.3, 0.4) is 0 Å².